The standard InChI is InChI=1S/C56H42O4/c57-33-37-9-13-39(14-10-37)35-59-53-27-23-49-31-47(45-19-17-41-5-1-3-7-43(41)29-45)21-25-51(49)55(53)56-52-26-22-48(46-20-18-42-6-2-4-8-44(42)30-46)32-50(52)24-28-54(56)60-36-40-15-11-38(34-58)12-16-40/h1-32,57-58H,33-36H2. The van der Waals surface area contributed by atoms with Crippen LogP contribution in [0.4, 0.5) is 0 Å². The number of ether oxygens (including phenoxy) is 2. The summed E-state index contributed by atoms with van der Waals surface area (Å²) < 4.78 is 13.6. The molecule has 60 heavy (non-hydrogen) atoms. The van der Waals surface area contributed by atoms with E-state index in [0.29, 0.717) is 13.2 Å². The first-order valence-electron chi connectivity index (χ1n) is 20.4. The lowest BCUT2D eigenvalue weighted by Crippen LogP contribution is -2.01. The third-order valence-electron chi connectivity index (χ3n) is 11.6. The van der Waals surface area contributed by atoms with Gasteiger partial charge in [-0.05, 0) is 124 Å². The Kier molecular flexibility index (Phi) is 10.00. The van der Waals surface area contributed by atoms with Gasteiger partial charge in [-0.3, -0.25) is 0 Å². The van der Waals surface area contributed by atoms with Gasteiger partial charge in [0.05, 0.1) is 13.2 Å². The van der Waals surface area contributed by atoms with Crippen LogP contribution in [0.2, 0.25) is 0 Å². The molecule has 4 nitrogen and oxygen atoms in total. The highest BCUT2D eigenvalue weighted by Gasteiger charge is 2.21. The molecule has 0 aliphatic heterocycles. The molecule has 10 rings (SSSR count). The van der Waals surface area contributed by atoms with Crippen molar-refractivity contribution in [2.45, 2.75) is 26.4 Å². The smallest absolute Gasteiger partial charge is 0.128 e. The van der Waals surface area contributed by atoms with Gasteiger partial charge in [-0.25, -0.2) is 0 Å². The summed E-state index contributed by atoms with van der Waals surface area (Å²) in [7, 11) is 0. The summed E-state index contributed by atoms with van der Waals surface area (Å²) in [6.07, 6.45) is 0. The summed E-state index contributed by atoms with van der Waals surface area (Å²) in [6, 6.07) is 67.8. The zero-order valence-corrected chi connectivity index (χ0v) is 33.0. The van der Waals surface area contributed by atoms with Gasteiger partial charge in [0.1, 0.15) is 24.7 Å². The van der Waals surface area contributed by atoms with Crippen LogP contribution in [0.3, 0.4) is 0 Å². The number of hydrogen-bond acceptors (Lipinski definition) is 4. The number of fused-ring (bicyclic) bond motifs is 4. The van der Waals surface area contributed by atoms with Crippen molar-refractivity contribution in [1.29, 1.82) is 0 Å². The first kappa shape index (κ1) is 37.1. The Hall–Kier alpha value is -7.24. The fourth-order valence-corrected chi connectivity index (χ4v) is 8.28. The number of aliphatic hydroxyl groups excluding tert-OH is 2. The van der Waals surface area contributed by atoms with E-state index < -0.39 is 0 Å². The maximum atomic E-state index is 9.66. The van der Waals surface area contributed by atoms with Crippen molar-refractivity contribution in [2.75, 3.05) is 0 Å². The minimum atomic E-state index is -0.00479. The zero-order chi connectivity index (χ0) is 40.4. The van der Waals surface area contributed by atoms with Gasteiger partial charge in [-0.2, -0.15) is 0 Å². The number of aliphatic hydroxyl groups is 2. The lowest BCUT2D eigenvalue weighted by molar-refractivity contribution is 0.281. The van der Waals surface area contributed by atoms with Gasteiger partial charge in [-0.15, -0.1) is 0 Å². The second-order valence-electron chi connectivity index (χ2n) is 15.4. The third kappa shape index (κ3) is 7.35. The lowest BCUT2D eigenvalue weighted by atomic mass is 9.89. The molecule has 0 aliphatic carbocycles. The highest BCUT2D eigenvalue weighted by Crippen LogP contribution is 2.47. The van der Waals surface area contributed by atoms with Gasteiger partial charge in [0.25, 0.3) is 0 Å². The predicted octanol–water partition coefficient (Wildman–Crippen LogP) is 13.4. The average Bonchev–Trinajstić information content (AvgIpc) is 3.32. The van der Waals surface area contributed by atoms with Crippen LogP contribution in [-0.4, -0.2) is 10.2 Å². The molecule has 4 heteroatoms. The SMILES string of the molecule is OCc1ccc(COc2ccc3cc(-c4ccc5ccccc5c4)ccc3c2-c2c(OCc3ccc(CO)cc3)ccc3cc(-c4ccc5ccccc5c4)ccc23)cc1. The van der Waals surface area contributed by atoms with Gasteiger partial charge >= 0.3 is 0 Å². The molecule has 0 unspecified atom stereocenters. The van der Waals surface area contributed by atoms with Gasteiger partial charge in [-0.1, -0.05) is 158 Å². The van der Waals surface area contributed by atoms with Crippen LogP contribution < -0.4 is 9.47 Å². The molecule has 0 bridgehead atoms. The van der Waals surface area contributed by atoms with E-state index in [1.54, 1.807) is 0 Å². The lowest BCUT2D eigenvalue weighted by Gasteiger charge is -2.21. The van der Waals surface area contributed by atoms with Crippen molar-refractivity contribution in [2.24, 2.45) is 0 Å². The molecule has 10 aromatic carbocycles. The maximum Gasteiger partial charge on any atom is 0.128 e. The highest BCUT2D eigenvalue weighted by atomic mass is 16.5. The summed E-state index contributed by atoms with van der Waals surface area (Å²) in [4.78, 5) is 0. The predicted molar refractivity (Wildman–Crippen MR) is 246 cm³/mol. The Morgan fingerprint density at radius 1 is 0.300 bits per heavy atom. The molecule has 0 amide bonds. The van der Waals surface area contributed by atoms with Crippen LogP contribution in [0, 0.1) is 0 Å². The second-order valence-corrected chi connectivity index (χ2v) is 15.4. The van der Waals surface area contributed by atoms with E-state index in [4.69, 9.17) is 9.47 Å². The first-order chi connectivity index (χ1) is 29.6. The second kappa shape index (κ2) is 16.2. The first-order valence-corrected chi connectivity index (χ1v) is 20.4. The molecule has 0 saturated carbocycles. The third-order valence-corrected chi connectivity index (χ3v) is 11.6. The van der Waals surface area contributed by atoms with Crippen LogP contribution in [-0.2, 0) is 26.4 Å². The van der Waals surface area contributed by atoms with Crippen molar-refractivity contribution < 1.29 is 19.7 Å². The Balaban J connectivity index is 1.15. The monoisotopic (exact) mass is 778 g/mol. The van der Waals surface area contributed by atoms with Crippen molar-refractivity contribution in [3.63, 3.8) is 0 Å². The summed E-state index contributed by atoms with van der Waals surface area (Å²) >= 11 is 0. The molecule has 0 atom stereocenters. The molecule has 0 fully saturated rings. The largest absolute Gasteiger partial charge is 0.488 e. The number of rotatable bonds is 11. The number of hydrogen-bond donors (Lipinski definition) is 2. The molecule has 2 N–H and O–H groups in total. The van der Waals surface area contributed by atoms with Crippen LogP contribution in [0.15, 0.2) is 194 Å². The molecular weight excluding hydrogens is 737 g/mol. The summed E-state index contributed by atoms with van der Waals surface area (Å²) in [5, 5.41) is 28.5. The Morgan fingerprint density at radius 2 is 0.633 bits per heavy atom. The van der Waals surface area contributed by atoms with E-state index in [2.05, 4.69) is 146 Å². The summed E-state index contributed by atoms with van der Waals surface area (Å²) in [5.41, 5.74) is 10.2. The van der Waals surface area contributed by atoms with Crippen LogP contribution in [0.5, 0.6) is 11.5 Å². The minimum Gasteiger partial charge on any atom is -0.488 e. The number of benzene rings is 10. The molecule has 0 radical (unpaired) electrons. The minimum absolute atomic E-state index is 0.00479. The fourth-order valence-electron chi connectivity index (χ4n) is 8.28. The van der Waals surface area contributed by atoms with E-state index in [1.807, 2.05) is 48.5 Å². The molecule has 0 aromatic heterocycles. The van der Waals surface area contributed by atoms with Crippen LogP contribution >= 0.6 is 0 Å². The van der Waals surface area contributed by atoms with Gasteiger partial charge in [0, 0.05) is 11.1 Å². The van der Waals surface area contributed by atoms with E-state index >= 15 is 0 Å². The molecule has 10 aromatic rings. The highest BCUT2D eigenvalue weighted by molar-refractivity contribution is 6.11. The van der Waals surface area contributed by atoms with Crippen molar-refractivity contribution in [3.05, 3.63) is 216 Å². The van der Waals surface area contributed by atoms with E-state index in [0.717, 1.165) is 88.7 Å². The van der Waals surface area contributed by atoms with Crippen molar-refractivity contribution in [1.82, 2.24) is 0 Å². The molecule has 0 spiro atoms. The zero-order valence-electron chi connectivity index (χ0n) is 33.0. The fraction of sp³-hybridized carbons (Fsp3) is 0.0714. The summed E-state index contributed by atoms with van der Waals surface area (Å²) in [6.45, 7) is 0.692. The van der Waals surface area contributed by atoms with Crippen molar-refractivity contribution >= 4 is 43.1 Å². The quantitative estimate of drug-likeness (QED) is 0.137. The van der Waals surface area contributed by atoms with Gasteiger partial charge in [0.2, 0.25) is 0 Å². The molecular formula is C56H42O4. The average molecular weight is 779 g/mol. The molecule has 0 heterocycles. The normalized spacial score (nSPS) is 11.4. The maximum absolute atomic E-state index is 9.66. The summed E-state index contributed by atoms with van der Waals surface area (Å²) in [5.74, 6) is 1.49. The van der Waals surface area contributed by atoms with E-state index in [-0.39, 0.29) is 13.2 Å². The van der Waals surface area contributed by atoms with Gasteiger partial charge < -0.3 is 19.7 Å². The van der Waals surface area contributed by atoms with E-state index in [1.165, 1.54) is 21.5 Å². The molecule has 290 valence electrons. The van der Waals surface area contributed by atoms with E-state index in [9.17, 15) is 10.2 Å². The molecule has 0 aliphatic rings. The Labute approximate surface area is 349 Å². The topological polar surface area (TPSA) is 58.9 Å². The van der Waals surface area contributed by atoms with Crippen LogP contribution in [0.25, 0.3) is 76.5 Å². The Bertz CT molecular complexity index is 2950. The van der Waals surface area contributed by atoms with Crippen molar-refractivity contribution in [3.8, 4) is 44.9 Å². The molecule has 0 saturated heterocycles. The Morgan fingerprint density at radius 3 is 1.03 bits per heavy atom. The van der Waals surface area contributed by atoms with Crippen LogP contribution in [0.1, 0.15) is 22.3 Å². The van der Waals surface area contributed by atoms with Gasteiger partial charge in [0.15, 0.2) is 0 Å².